The molecule has 0 aromatic heterocycles. The minimum atomic E-state index is -0.663. The highest BCUT2D eigenvalue weighted by Gasteiger charge is 2.15. The summed E-state index contributed by atoms with van der Waals surface area (Å²) in [5.74, 6) is -0.0424. The molecule has 6 heteroatoms. The van der Waals surface area contributed by atoms with Crippen LogP contribution in [0.5, 0.6) is 5.75 Å². The van der Waals surface area contributed by atoms with Crippen LogP contribution in [0.4, 0.5) is 0 Å². The van der Waals surface area contributed by atoms with Crippen molar-refractivity contribution >= 4 is 11.8 Å². The highest BCUT2D eigenvalue weighted by molar-refractivity contribution is 5.87. The molecule has 2 rings (SSSR count). The maximum absolute atomic E-state index is 12.0. The lowest BCUT2D eigenvalue weighted by Gasteiger charge is -2.14. The Bertz CT molecular complexity index is 686. The van der Waals surface area contributed by atoms with Gasteiger partial charge in [0.05, 0.1) is 6.61 Å². The van der Waals surface area contributed by atoms with E-state index < -0.39 is 6.04 Å². The Morgan fingerprint density at radius 3 is 2.32 bits per heavy atom. The lowest BCUT2D eigenvalue weighted by molar-refractivity contribution is -0.129. The van der Waals surface area contributed by atoms with Gasteiger partial charge >= 0.3 is 0 Å². The molecule has 0 saturated heterocycles. The second-order valence-corrected chi connectivity index (χ2v) is 5.58. The second kappa shape index (κ2) is 9.44. The summed E-state index contributed by atoms with van der Waals surface area (Å²) in [7, 11) is 0. The molecule has 1 atom stereocenters. The van der Waals surface area contributed by atoms with Crippen LogP contribution in [-0.4, -0.2) is 29.6 Å². The Morgan fingerprint density at radius 2 is 1.68 bits per heavy atom. The number of carbonyl (C=O) groups is 2. The summed E-state index contributed by atoms with van der Waals surface area (Å²) in [4.78, 5) is 23.9. The number of aliphatic hydroxyl groups is 1. The van der Waals surface area contributed by atoms with Crippen LogP contribution < -0.4 is 15.4 Å². The van der Waals surface area contributed by atoms with Crippen LogP contribution in [0.2, 0.25) is 0 Å². The number of ether oxygens (including phenoxy) is 1. The summed E-state index contributed by atoms with van der Waals surface area (Å²) in [6, 6.07) is 15.6. The zero-order valence-electron chi connectivity index (χ0n) is 14.1. The molecule has 3 N–H and O–H groups in total. The molecular weight excluding hydrogens is 320 g/mol. The zero-order chi connectivity index (χ0) is 18.1. The largest absolute Gasteiger partial charge is 0.484 e. The van der Waals surface area contributed by atoms with Gasteiger partial charge in [0.15, 0.2) is 6.61 Å². The highest BCUT2D eigenvalue weighted by atomic mass is 16.5. The van der Waals surface area contributed by atoms with E-state index in [1.165, 1.54) is 0 Å². The molecule has 0 fully saturated rings. The van der Waals surface area contributed by atoms with Crippen molar-refractivity contribution in [2.45, 2.75) is 26.1 Å². The first-order valence-electron chi connectivity index (χ1n) is 8.02. The van der Waals surface area contributed by atoms with Crippen molar-refractivity contribution in [3.63, 3.8) is 0 Å². The lowest BCUT2D eigenvalue weighted by atomic mass is 10.1. The van der Waals surface area contributed by atoms with E-state index in [9.17, 15) is 9.59 Å². The van der Waals surface area contributed by atoms with E-state index in [0.29, 0.717) is 12.3 Å². The molecular formula is C19H22N2O4. The van der Waals surface area contributed by atoms with Gasteiger partial charge in [-0.15, -0.1) is 0 Å². The third-order valence-electron chi connectivity index (χ3n) is 3.56. The van der Waals surface area contributed by atoms with E-state index in [-0.39, 0.29) is 25.0 Å². The van der Waals surface area contributed by atoms with E-state index in [2.05, 4.69) is 10.6 Å². The van der Waals surface area contributed by atoms with E-state index in [1.54, 1.807) is 31.2 Å². The quantitative estimate of drug-likeness (QED) is 0.676. The molecule has 0 aliphatic rings. The minimum Gasteiger partial charge on any atom is -0.484 e. The molecule has 132 valence electrons. The van der Waals surface area contributed by atoms with Crippen molar-refractivity contribution in [1.29, 1.82) is 0 Å². The minimum absolute atomic E-state index is 0.0131. The van der Waals surface area contributed by atoms with Gasteiger partial charge in [-0.1, -0.05) is 42.5 Å². The second-order valence-electron chi connectivity index (χ2n) is 5.58. The Balaban J connectivity index is 1.72. The molecule has 0 aliphatic heterocycles. The summed E-state index contributed by atoms with van der Waals surface area (Å²) in [5.41, 5.74) is 1.73. The fourth-order valence-electron chi connectivity index (χ4n) is 2.12. The monoisotopic (exact) mass is 342 g/mol. The molecule has 0 aliphatic carbocycles. The first-order valence-corrected chi connectivity index (χ1v) is 8.02. The van der Waals surface area contributed by atoms with Gasteiger partial charge in [0.2, 0.25) is 5.91 Å². The first-order chi connectivity index (χ1) is 12.1. The predicted octanol–water partition coefficient (Wildman–Crippen LogP) is 1.38. The maximum atomic E-state index is 12.0. The van der Waals surface area contributed by atoms with Crippen LogP contribution in [-0.2, 0) is 22.7 Å². The number of aliphatic hydroxyl groups excluding tert-OH is 1. The molecule has 0 saturated carbocycles. The van der Waals surface area contributed by atoms with Crippen LogP contribution in [0.25, 0.3) is 0 Å². The van der Waals surface area contributed by atoms with Crippen molar-refractivity contribution in [2.24, 2.45) is 0 Å². The van der Waals surface area contributed by atoms with Gasteiger partial charge in [0, 0.05) is 6.54 Å². The van der Waals surface area contributed by atoms with Gasteiger partial charge in [-0.25, -0.2) is 0 Å². The van der Waals surface area contributed by atoms with Crippen LogP contribution in [0, 0.1) is 0 Å². The third kappa shape index (κ3) is 6.27. The van der Waals surface area contributed by atoms with Gasteiger partial charge in [-0.2, -0.15) is 0 Å². The molecule has 0 spiro atoms. The van der Waals surface area contributed by atoms with Gasteiger partial charge in [-0.05, 0) is 30.2 Å². The molecule has 0 bridgehead atoms. The summed E-state index contributed by atoms with van der Waals surface area (Å²) >= 11 is 0. The van der Waals surface area contributed by atoms with Crippen molar-refractivity contribution in [1.82, 2.24) is 10.6 Å². The smallest absolute Gasteiger partial charge is 0.258 e. The lowest BCUT2D eigenvalue weighted by Crippen LogP contribution is -2.46. The Morgan fingerprint density at radius 1 is 1.04 bits per heavy atom. The highest BCUT2D eigenvalue weighted by Crippen LogP contribution is 2.07. The van der Waals surface area contributed by atoms with Crippen molar-refractivity contribution < 1.29 is 19.4 Å². The Hall–Kier alpha value is -2.86. The van der Waals surface area contributed by atoms with E-state index >= 15 is 0 Å². The number of amides is 2. The molecule has 2 aromatic rings. The first kappa shape index (κ1) is 18.5. The molecule has 0 heterocycles. The van der Waals surface area contributed by atoms with E-state index in [0.717, 1.165) is 11.1 Å². The van der Waals surface area contributed by atoms with Crippen LogP contribution in [0.3, 0.4) is 0 Å². The summed E-state index contributed by atoms with van der Waals surface area (Å²) in [6.07, 6.45) is 0. The fraction of sp³-hybridized carbons (Fsp3) is 0.263. The van der Waals surface area contributed by atoms with Crippen LogP contribution in [0.15, 0.2) is 54.6 Å². The Kier molecular flexibility index (Phi) is 6.98. The van der Waals surface area contributed by atoms with Gasteiger partial charge in [0.25, 0.3) is 5.91 Å². The summed E-state index contributed by atoms with van der Waals surface area (Å²) in [5, 5.41) is 14.4. The zero-order valence-corrected chi connectivity index (χ0v) is 14.1. The molecule has 6 nitrogen and oxygen atoms in total. The normalized spacial score (nSPS) is 11.4. The maximum Gasteiger partial charge on any atom is 0.258 e. The molecule has 2 amide bonds. The number of hydrogen-bond donors (Lipinski definition) is 3. The number of benzene rings is 2. The standard InChI is InChI=1S/C19H22N2O4/c1-14(21-18(23)13-25-17-5-3-2-4-6-17)19(24)20-11-15-7-9-16(12-22)10-8-15/h2-10,14,22H,11-13H2,1H3,(H,20,24)(H,21,23). The van der Waals surface area contributed by atoms with Crippen molar-refractivity contribution in [3.05, 3.63) is 65.7 Å². The third-order valence-corrected chi connectivity index (χ3v) is 3.56. The van der Waals surface area contributed by atoms with Crippen LogP contribution in [0.1, 0.15) is 18.1 Å². The topological polar surface area (TPSA) is 87.7 Å². The molecule has 2 aromatic carbocycles. The summed E-state index contributed by atoms with van der Waals surface area (Å²) < 4.78 is 5.34. The number of hydrogen-bond acceptors (Lipinski definition) is 4. The average Bonchev–Trinajstić information content (AvgIpc) is 2.65. The molecule has 1 unspecified atom stereocenters. The fourth-order valence-corrected chi connectivity index (χ4v) is 2.12. The molecule has 25 heavy (non-hydrogen) atoms. The van der Waals surface area contributed by atoms with Gasteiger partial charge in [-0.3, -0.25) is 9.59 Å². The molecule has 0 radical (unpaired) electrons. The van der Waals surface area contributed by atoms with Crippen molar-refractivity contribution in [3.8, 4) is 5.75 Å². The number of carbonyl (C=O) groups excluding carboxylic acids is 2. The Labute approximate surface area is 146 Å². The predicted molar refractivity (Wildman–Crippen MR) is 93.8 cm³/mol. The van der Waals surface area contributed by atoms with Gasteiger partial charge < -0.3 is 20.5 Å². The van der Waals surface area contributed by atoms with E-state index in [4.69, 9.17) is 9.84 Å². The van der Waals surface area contributed by atoms with E-state index in [1.807, 2.05) is 30.3 Å². The number of rotatable bonds is 8. The van der Waals surface area contributed by atoms with Gasteiger partial charge in [0.1, 0.15) is 11.8 Å². The SMILES string of the molecule is CC(NC(=O)COc1ccccc1)C(=O)NCc1ccc(CO)cc1. The van der Waals surface area contributed by atoms with Crippen molar-refractivity contribution in [2.75, 3.05) is 6.61 Å². The summed E-state index contributed by atoms with van der Waals surface area (Å²) in [6.45, 7) is 1.81. The number of para-hydroxylation sites is 1. The average molecular weight is 342 g/mol. The number of nitrogens with one attached hydrogen (secondary N) is 2. The van der Waals surface area contributed by atoms with Crippen LogP contribution >= 0.6 is 0 Å².